The van der Waals surface area contributed by atoms with Gasteiger partial charge in [0, 0.05) is 74.1 Å². The zero-order valence-electron chi connectivity index (χ0n) is 25.0. The number of rotatable bonds is 5. The number of morpholine rings is 1. The van der Waals surface area contributed by atoms with E-state index in [1.807, 2.05) is 29.3 Å². The van der Waals surface area contributed by atoms with Gasteiger partial charge in [0.15, 0.2) is 0 Å². The van der Waals surface area contributed by atoms with Gasteiger partial charge in [-0.15, -0.1) is 0 Å². The summed E-state index contributed by atoms with van der Waals surface area (Å²) in [7, 11) is 1.62. The van der Waals surface area contributed by atoms with Gasteiger partial charge in [-0.3, -0.25) is 9.69 Å². The normalized spacial score (nSPS) is 18.1. The molecule has 0 N–H and O–H groups in total. The lowest BCUT2D eigenvalue weighted by atomic mass is 9.95. The molecule has 3 aliphatic heterocycles. The van der Waals surface area contributed by atoms with E-state index in [1.54, 1.807) is 13.4 Å². The van der Waals surface area contributed by atoms with Crippen LogP contribution in [0.1, 0.15) is 39.9 Å². The molecule has 0 saturated carbocycles. The Morgan fingerprint density at radius 1 is 0.907 bits per heavy atom. The number of fused-ring (bicyclic) bond motifs is 2. The number of amides is 1. The second-order valence-electron chi connectivity index (χ2n) is 11.8. The van der Waals surface area contributed by atoms with Gasteiger partial charge in [0.2, 0.25) is 5.88 Å². The van der Waals surface area contributed by atoms with E-state index < -0.39 is 0 Å². The molecule has 0 radical (unpaired) electrons. The molecule has 4 aromatic rings. The molecular formula is C34H38N6O3. The van der Waals surface area contributed by atoms with Crippen molar-refractivity contribution in [3.63, 3.8) is 0 Å². The number of piperidine rings is 1. The van der Waals surface area contributed by atoms with Crippen molar-refractivity contribution in [2.75, 3.05) is 57.9 Å². The monoisotopic (exact) mass is 578 g/mol. The van der Waals surface area contributed by atoms with Crippen molar-refractivity contribution in [2.45, 2.75) is 38.8 Å². The Bertz CT molecular complexity index is 1630. The molecule has 2 fully saturated rings. The van der Waals surface area contributed by atoms with Crippen molar-refractivity contribution < 1.29 is 14.3 Å². The van der Waals surface area contributed by atoms with Gasteiger partial charge in [-0.25, -0.2) is 15.0 Å². The zero-order chi connectivity index (χ0) is 29.3. The lowest BCUT2D eigenvalue weighted by Gasteiger charge is -2.40. The Kier molecular flexibility index (Phi) is 7.67. The molecule has 43 heavy (non-hydrogen) atoms. The molecule has 5 heterocycles. The number of carbonyl (C=O) groups is 1. The molecule has 9 nitrogen and oxygen atoms in total. The zero-order valence-corrected chi connectivity index (χ0v) is 25.0. The van der Waals surface area contributed by atoms with Crippen LogP contribution in [0.15, 0.2) is 55.0 Å². The summed E-state index contributed by atoms with van der Waals surface area (Å²) in [4.78, 5) is 34.3. The number of nitrogens with zero attached hydrogens (tertiary/aromatic N) is 6. The maximum atomic E-state index is 13.6. The van der Waals surface area contributed by atoms with E-state index in [2.05, 4.69) is 51.0 Å². The van der Waals surface area contributed by atoms with Crippen LogP contribution in [0.5, 0.6) is 5.88 Å². The summed E-state index contributed by atoms with van der Waals surface area (Å²) in [5.74, 6) is 1.65. The molecule has 0 atom stereocenters. The number of pyridine rings is 1. The molecule has 9 heteroatoms. The predicted octanol–water partition coefficient (Wildman–Crippen LogP) is 4.51. The first-order valence-corrected chi connectivity index (χ1v) is 15.3. The molecule has 0 spiro atoms. The van der Waals surface area contributed by atoms with E-state index in [-0.39, 0.29) is 5.91 Å². The lowest BCUT2D eigenvalue weighted by Crippen LogP contribution is -2.50. The van der Waals surface area contributed by atoms with E-state index in [4.69, 9.17) is 14.5 Å². The van der Waals surface area contributed by atoms with Gasteiger partial charge < -0.3 is 19.3 Å². The Hall–Kier alpha value is -4.08. The minimum Gasteiger partial charge on any atom is -0.481 e. The number of methoxy groups -OCH3 is 1. The van der Waals surface area contributed by atoms with Crippen LogP contribution in [0.3, 0.4) is 0 Å². The molecular weight excluding hydrogens is 540 g/mol. The molecule has 2 saturated heterocycles. The summed E-state index contributed by atoms with van der Waals surface area (Å²) >= 11 is 0. The predicted molar refractivity (Wildman–Crippen MR) is 167 cm³/mol. The number of hydrogen-bond donors (Lipinski definition) is 0. The Morgan fingerprint density at radius 2 is 1.74 bits per heavy atom. The van der Waals surface area contributed by atoms with E-state index in [9.17, 15) is 4.79 Å². The van der Waals surface area contributed by atoms with E-state index >= 15 is 0 Å². The average Bonchev–Trinajstić information content (AvgIpc) is 3.07. The SMILES string of the molecule is COc1ccc(-c2cc(C)c3ncnc(N4CCc5ccc(C(=O)N6CCC(N7CCOCC7)CC6)cc5C4)c3c2)cn1. The van der Waals surface area contributed by atoms with Gasteiger partial charge in [0.25, 0.3) is 5.91 Å². The van der Waals surface area contributed by atoms with Crippen LogP contribution < -0.4 is 9.64 Å². The minimum atomic E-state index is 0.140. The fourth-order valence-corrected chi connectivity index (χ4v) is 6.85. The number of carbonyl (C=O) groups excluding carboxylic acids is 1. The minimum absolute atomic E-state index is 0.140. The van der Waals surface area contributed by atoms with Crippen LogP contribution in [-0.4, -0.2) is 89.7 Å². The van der Waals surface area contributed by atoms with E-state index in [0.29, 0.717) is 18.5 Å². The largest absolute Gasteiger partial charge is 0.481 e. The lowest BCUT2D eigenvalue weighted by molar-refractivity contribution is 0.00159. The van der Waals surface area contributed by atoms with Gasteiger partial charge in [-0.05, 0) is 78.8 Å². The molecule has 222 valence electrons. The second-order valence-corrected chi connectivity index (χ2v) is 11.8. The van der Waals surface area contributed by atoms with Gasteiger partial charge in [0.1, 0.15) is 12.1 Å². The maximum Gasteiger partial charge on any atom is 0.253 e. The summed E-state index contributed by atoms with van der Waals surface area (Å²) < 4.78 is 10.8. The molecule has 3 aliphatic rings. The third-order valence-electron chi connectivity index (χ3n) is 9.27. The van der Waals surface area contributed by atoms with Crippen LogP contribution >= 0.6 is 0 Å². The summed E-state index contributed by atoms with van der Waals surface area (Å²) in [5, 5.41) is 1.02. The molecule has 1 amide bonds. The van der Waals surface area contributed by atoms with E-state index in [0.717, 1.165) is 104 Å². The highest BCUT2D eigenvalue weighted by atomic mass is 16.5. The van der Waals surface area contributed by atoms with Gasteiger partial charge >= 0.3 is 0 Å². The Morgan fingerprint density at radius 3 is 2.51 bits per heavy atom. The highest BCUT2D eigenvalue weighted by Gasteiger charge is 2.29. The van der Waals surface area contributed by atoms with Crippen molar-refractivity contribution in [1.29, 1.82) is 0 Å². The molecule has 7 rings (SSSR count). The standard InChI is InChI=1S/C34H38N6O3/c1-23-17-27(26-5-6-31(42-2)35-20-26)19-30-32(23)36-22-37-33(30)40-10-7-24-3-4-25(18-28(24)21-40)34(41)39-11-8-29(9-12-39)38-13-15-43-16-14-38/h3-6,17-20,22,29H,7-16,21H2,1-2H3. The summed E-state index contributed by atoms with van der Waals surface area (Å²) in [6, 6.07) is 15.0. The van der Waals surface area contributed by atoms with E-state index in [1.165, 1.54) is 11.1 Å². The number of anilines is 1. The topological polar surface area (TPSA) is 83.9 Å². The summed E-state index contributed by atoms with van der Waals surface area (Å²) in [6.45, 7) is 8.90. The molecule has 0 unspecified atom stereocenters. The van der Waals surface area contributed by atoms with Crippen molar-refractivity contribution in [3.05, 3.63) is 77.2 Å². The van der Waals surface area contributed by atoms with Crippen LogP contribution in [0.4, 0.5) is 5.82 Å². The Labute approximate surface area is 252 Å². The molecule has 2 aromatic carbocycles. The van der Waals surface area contributed by atoms with Gasteiger partial charge in [0.05, 0.1) is 25.8 Å². The highest BCUT2D eigenvalue weighted by Crippen LogP contribution is 2.34. The van der Waals surface area contributed by atoms with Gasteiger partial charge in [-0.2, -0.15) is 0 Å². The number of hydrogen-bond acceptors (Lipinski definition) is 8. The quantitative estimate of drug-likeness (QED) is 0.342. The number of aromatic nitrogens is 3. The molecule has 2 aromatic heterocycles. The first-order chi connectivity index (χ1) is 21.1. The first kappa shape index (κ1) is 27.7. The summed E-state index contributed by atoms with van der Waals surface area (Å²) in [6.07, 6.45) is 6.46. The van der Waals surface area contributed by atoms with Crippen molar-refractivity contribution in [3.8, 4) is 17.0 Å². The third kappa shape index (κ3) is 5.55. The van der Waals surface area contributed by atoms with Crippen molar-refractivity contribution >= 4 is 22.6 Å². The average molecular weight is 579 g/mol. The van der Waals surface area contributed by atoms with Crippen molar-refractivity contribution in [1.82, 2.24) is 24.8 Å². The number of ether oxygens (including phenoxy) is 2. The third-order valence-corrected chi connectivity index (χ3v) is 9.27. The fourth-order valence-electron chi connectivity index (χ4n) is 6.85. The van der Waals surface area contributed by atoms with Crippen LogP contribution in [-0.2, 0) is 17.7 Å². The Balaban J connectivity index is 1.11. The highest BCUT2D eigenvalue weighted by molar-refractivity contribution is 5.96. The van der Waals surface area contributed by atoms with Gasteiger partial charge in [-0.1, -0.05) is 6.07 Å². The van der Waals surface area contributed by atoms with Crippen molar-refractivity contribution in [2.24, 2.45) is 0 Å². The number of aryl methyl sites for hydroxylation is 1. The fraction of sp³-hybridized carbons (Fsp3) is 0.412. The molecule has 0 aliphatic carbocycles. The maximum absolute atomic E-state index is 13.6. The summed E-state index contributed by atoms with van der Waals surface area (Å²) in [5.41, 5.74) is 7.40. The number of benzene rings is 2. The second kappa shape index (κ2) is 11.9. The van der Waals surface area contributed by atoms with Crippen LogP contribution in [0.2, 0.25) is 0 Å². The number of likely N-dealkylation sites (tertiary alicyclic amines) is 1. The smallest absolute Gasteiger partial charge is 0.253 e. The van der Waals surface area contributed by atoms with Crippen LogP contribution in [0.25, 0.3) is 22.0 Å². The first-order valence-electron chi connectivity index (χ1n) is 15.3. The van der Waals surface area contributed by atoms with Crippen LogP contribution in [0, 0.1) is 6.92 Å². The molecule has 0 bridgehead atoms.